The molecule has 1 aliphatic rings. The van der Waals surface area contributed by atoms with Crippen molar-refractivity contribution in [1.82, 2.24) is 0 Å². The van der Waals surface area contributed by atoms with Gasteiger partial charge in [-0.3, -0.25) is 0 Å². The van der Waals surface area contributed by atoms with Gasteiger partial charge in [-0.25, -0.2) is 0 Å². The zero-order valence-corrected chi connectivity index (χ0v) is 11.3. The van der Waals surface area contributed by atoms with E-state index in [9.17, 15) is 0 Å². The minimum atomic E-state index is 0.143. The molecule has 0 atom stereocenters. The zero-order valence-electron chi connectivity index (χ0n) is 9.69. The van der Waals surface area contributed by atoms with Crippen molar-refractivity contribution in [2.75, 3.05) is 25.6 Å². The molecule has 94 valence electrons. The van der Waals surface area contributed by atoms with Crippen molar-refractivity contribution in [3.8, 4) is 5.75 Å². The van der Waals surface area contributed by atoms with E-state index < -0.39 is 0 Å². The molecule has 0 amide bonds. The quantitative estimate of drug-likeness (QED) is 0.847. The van der Waals surface area contributed by atoms with E-state index in [4.69, 9.17) is 21.1 Å². The molecule has 2 rings (SSSR count). The van der Waals surface area contributed by atoms with Crippen LogP contribution in [0.25, 0.3) is 0 Å². The molecule has 0 unspecified atom stereocenters. The molecule has 0 saturated carbocycles. The Labute approximate surface area is 113 Å². The molecule has 0 radical (unpaired) electrons. The summed E-state index contributed by atoms with van der Waals surface area (Å²) in [5.74, 6) is 1.65. The van der Waals surface area contributed by atoms with Crippen LogP contribution >= 0.6 is 24.2 Å². The van der Waals surface area contributed by atoms with Crippen LogP contribution < -0.4 is 4.74 Å². The maximum atomic E-state index is 5.92. The minimum absolute atomic E-state index is 0.143. The van der Waals surface area contributed by atoms with Crippen LogP contribution in [0.5, 0.6) is 5.75 Å². The van der Waals surface area contributed by atoms with Crippen LogP contribution in [-0.2, 0) is 4.74 Å². The molecule has 2 nitrogen and oxygen atoms in total. The van der Waals surface area contributed by atoms with Crippen LogP contribution in [0.1, 0.15) is 12.8 Å². The first-order valence-corrected chi connectivity index (χ1v) is 6.82. The molecule has 1 aromatic rings. The van der Waals surface area contributed by atoms with Gasteiger partial charge in [0.2, 0.25) is 0 Å². The van der Waals surface area contributed by atoms with E-state index in [1.54, 1.807) is 0 Å². The van der Waals surface area contributed by atoms with E-state index in [1.807, 2.05) is 24.3 Å². The van der Waals surface area contributed by atoms with Crippen molar-refractivity contribution < 1.29 is 9.47 Å². The van der Waals surface area contributed by atoms with Gasteiger partial charge in [-0.1, -0.05) is 17.7 Å². The van der Waals surface area contributed by atoms with Gasteiger partial charge < -0.3 is 9.47 Å². The summed E-state index contributed by atoms with van der Waals surface area (Å²) in [4.78, 5) is 0. The van der Waals surface area contributed by atoms with Gasteiger partial charge in [-0.2, -0.15) is 12.6 Å². The number of ether oxygens (including phenoxy) is 2. The number of hydrogen-bond acceptors (Lipinski definition) is 3. The summed E-state index contributed by atoms with van der Waals surface area (Å²) in [6, 6.07) is 7.51. The number of thiol groups is 1. The van der Waals surface area contributed by atoms with E-state index >= 15 is 0 Å². The average Bonchev–Trinajstić information content (AvgIpc) is 2.38. The highest BCUT2D eigenvalue weighted by molar-refractivity contribution is 7.80. The molecular weight excluding hydrogens is 256 g/mol. The molecule has 1 aromatic carbocycles. The minimum Gasteiger partial charge on any atom is -0.493 e. The zero-order chi connectivity index (χ0) is 12.1. The largest absolute Gasteiger partial charge is 0.493 e. The topological polar surface area (TPSA) is 18.5 Å². The molecular formula is C13H17ClO2S. The van der Waals surface area contributed by atoms with Gasteiger partial charge in [0, 0.05) is 23.7 Å². The summed E-state index contributed by atoms with van der Waals surface area (Å²) in [5, 5.41) is 0.703. The summed E-state index contributed by atoms with van der Waals surface area (Å²) in [6.07, 6.45) is 2.02. The van der Waals surface area contributed by atoms with E-state index in [0.717, 1.165) is 37.6 Å². The summed E-state index contributed by atoms with van der Waals surface area (Å²) < 4.78 is 11.2. The van der Waals surface area contributed by atoms with E-state index in [2.05, 4.69) is 12.6 Å². The Bertz CT molecular complexity index is 364. The summed E-state index contributed by atoms with van der Waals surface area (Å²) in [7, 11) is 0. The average molecular weight is 273 g/mol. The van der Waals surface area contributed by atoms with Crippen LogP contribution in [0.15, 0.2) is 24.3 Å². The van der Waals surface area contributed by atoms with Crippen LogP contribution in [0, 0.1) is 5.41 Å². The Balaban J connectivity index is 1.95. The van der Waals surface area contributed by atoms with Crippen molar-refractivity contribution in [3.05, 3.63) is 29.3 Å². The van der Waals surface area contributed by atoms with Gasteiger partial charge >= 0.3 is 0 Å². The first kappa shape index (κ1) is 13.1. The monoisotopic (exact) mass is 272 g/mol. The summed E-state index contributed by atoms with van der Waals surface area (Å²) >= 11 is 10.4. The van der Waals surface area contributed by atoms with Gasteiger partial charge in [0.25, 0.3) is 0 Å². The third kappa shape index (κ3) is 3.54. The third-order valence-electron chi connectivity index (χ3n) is 3.23. The molecule has 1 heterocycles. The van der Waals surface area contributed by atoms with Gasteiger partial charge in [0.15, 0.2) is 0 Å². The highest BCUT2D eigenvalue weighted by Gasteiger charge is 2.32. The van der Waals surface area contributed by atoms with Gasteiger partial charge in [0.1, 0.15) is 5.75 Å². The third-order valence-corrected chi connectivity index (χ3v) is 4.14. The number of rotatable bonds is 4. The van der Waals surface area contributed by atoms with Crippen LogP contribution in [0.2, 0.25) is 5.02 Å². The first-order valence-electron chi connectivity index (χ1n) is 5.81. The SMILES string of the molecule is SCC1(COc2cccc(Cl)c2)CCOCC1. The van der Waals surface area contributed by atoms with Crippen molar-refractivity contribution in [2.45, 2.75) is 12.8 Å². The van der Waals surface area contributed by atoms with Crippen LogP contribution in [-0.4, -0.2) is 25.6 Å². The Hall–Kier alpha value is -0.380. The fraction of sp³-hybridized carbons (Fsp3) is 0.538. The summed E-state index contributed by atoms with van der Waals surface area (Å²) in [5.41, 5.74) is 0.143. The maximum Gasteiger partial charge on any atom is 0.120 e. The van der Waals surface area contributed by atoms with Crippen molar-refractivity contribution in [3.63, 3.8) is 0 Å². The second kappa shape index (κ2) is 5.98. The lowest BCUT2D eigenvalue weighted by atomic mass is 9.83. The molecule has 0 bridgehead atoms. The van der Waals surface area contributed by atoms with Gasteiger partial charge in [0.05, 0.1) is 6.61 Å². The Morgan fingerprint density at radius 3 is 2.76 bits per heavy atom. The molecule has 0 N–H and O–H groups in total. The van der Waals surface area contributed by atoms with Crippen molar-refractivity contribution in [1.29, 1.82) is 0 Å². The lowest BCUT2D eigenvalue weighted by molar-refractivity contribution is 0.00311. The van der Waals surface area contributed by atoms with E-state index in [-0.39, 0.29) is 5.41 Å². The first-order chi connectivity index (χ1) is 8.24. The molecule has 4 heteroatoms. The molecule has 17 heavy (non-hydrogen) atoms. The van der Waals surface area contributed by atoms with Crippen LogP contribution in [0.4, 0.5) is 0 Å². The number of benzene rings is 1. The number of hydrogen-bond donors (Lipinski definition) is 1. The normalized spacial score (nSPS) is 18.9. The second-order valence-corrected chi connectivity index (χ2v) is 5.27. The standard InChI is InChI=1S/C13H17ClO2S/c14-11-2-1-3-12(8-11)16-9-13(10-17)4-6-15-7-5-13/h1-3,8,17H,4-7,9-10H2. The van der Waals surface area contributed by atoms with Crippen LogP contribution in [0.3, 0.4) is 0 Å². The molecule has 0 aromatic heterocycles. The van der Waals surface area contributed by atoms with Gasteiger partial charge in [-0.05, 0) is 36.8 Å². The van der Waals surface area contributed by atoms with Crippen molar-refractivity contribution in [2.24, 2.45) is 5.41 Å². The Morgan fingerprint density at radius 2 is 2.12 bits per heavy atom. The predicted molar refractivity (Wildman–Crippen MR) is 73.3 cm³/mol. The smallest absolute Gasteiger partial charge is 0.120 e. The molecule has 0 spiro atoms. The fourth-order valence-electron chi connectivity index (χ4n) is 1.95. The maximum absolute atomic E-state index is 5.92. The Kier molecular flexibility index (Phi) is 4.60. The highest BCUT2D eigenvalue weighted by atomic mass is 35.5. The van der Waals surface area contributed by atoms with Gasteiger partial charge in [-0.15, -0.1) is 0 Å². The number of halogens is 1. The predicted octanol–water partition coefficient (Wildman–Crippen LogP) is 3.45. The van der Waals surface area contributed by atoms with Crippen molar-refractivity contribution >= 4 is 24.2 Å². The summed E-state index contributed by atoms with van der Waals surface area (Å²) in [6.45, 7) is 2.29. The fourth-order valence-corrected chi connectivity index (χ4v) is 2.53. The molecule has 0 aliphatic carbocycles. The van der Waals surface area contributed by atoms with E-state index in [0.29, 0.717) is 11.6 Å². The molecule has 1 aliphatic heterocycles. The molecule has 1 fully saturated rings. The Morgan fingerprint density at radius 1 is 1.35 bits per heavy atom. The highest BCUT2D eigenvalue weighted by Crippen LogP contribution is 2.32. The molecule has 1 saturated heterocycles. The lowest BCUT2D eigenvalue weighted by Gasteiger charge is -2.35. The van der Waals surface area contributed by atoms with E-state index in [1.165, 1.54) is 0 Å². The lowest BCUT2D eigenvalue weighted by Crippen LogP contribution is -2.36. The second-order valence-electron chi connectivity index (χ2n) is 4.52.